The maximum atomic E-state index is 13.4. The standard InChI is InChI=1S/C25H26N2O4S/c1-26(21-8-4-3-5-9-21)32(29,30)24-10-6-7-20(17-24)25(28)27(22-13-14-22)18-19-11-15-23(31-2)16-12-19/h3-12,15-17,22H,13-14,18H2,1-2H3. The first-order valence-corrected chi connectivity index (χ1v) is 11.9. The van der Waals surface area contributed by atoms with Crippen LogP contribution in [-0.4, -0.2) is 39.4 Å². The number of para-hydroxylation sites is 1. The van der Waals surface area contributed by atoms with Crippen LogP contribution in [0.2, 0.25) is 0 Å². The van der Waals surface area contributed by atoms with Crippen molar-refractivity contribution in [1.82, 2.24) is 4.90 Å². The van der Waals surface area contributed by atoms with Gasteiger partial charge in [-0.2, -0.15) is 0 Å². The summed E-state index contributed by atoms with van der Waals surface area (Å²) in [5, 5.41) is 0. The molecule has 166 valence electrons. The molecule has 0 heterocycles. The van der Waals surface area contributed by atoms with Crippen LogP contribution in [0.1, 0.15) is 28.8 Å². The number of ether oxygens (including phenoxy) is 1. The van der Waals surface area contributed by atoms with Crippen molar-refractivity contribution in [3.8, 4) is 5.75 Å². The Balaban J connectivity index is 1.59. The van der Waals surface area contributed by atoms with Gasteiger partial charge in [-0.3, -0.25) is 9.10 Å². The summed E-state index contributed by atoms with van der Waals surface area (Å²) in [6.45, 7) is 0.467. The van der Waals surface area contributed by atoms with Crippen molar-refractivity contribution in [3.63, 3.8) is 0 Å². The number of anilines is 1. The number of methoxy groups -OCH3 is 1. The van der Waals surface area contributed by atoms with E-state index in [1.54, 1.807) is 43.5 Å². The first-order chi connectivity index (χ1) is 15.4. The van der Waals surface area contributed by atoms with Crippen molar-refractivity contribution < 1.29 is 17.9 Å². The number of nitrogens with zero attached hydrogens (tertiary/aromatic N) is 2. The van der Waals surface area contributed by atoms with E-state index in [1.807, 2.05) is 35.2 Å². The Kier molecular flexibility index (Phi) is 6.19. The first kappa shape index (κ1) is 21.9. The van der Waals surface area contributed by atoms with Crippen molar-refractivity contribution in [2.75, 3.05) is 18.5 Å². The van der Waals surface area contributed by atoms with E-state index in [4.69, 9.17) is 4.74 Å². The summed E-state index contributed by atoms with van der Waals surface area (Å²) >= 11 is 0. The third kappa shape index (κ3) is 4.62. The van der Waals surface area contributed by atoms with Gasteiger partial charge in [-0.15, -0.1) is 0 Å². The minimum Gasteiger partial charge on any atom is -0.497 e. The lowest BCUT2D eigenvalue weighted by Crippen LogP contribution is -2.33. The summed E-state index contributed by atoms with van der Waals surface area (Å²) in [5.41, 5.74) is 1.93. The highest BCUT2D eigenvalue weighted by molar-refractivity contribution is 7.92. The van der Waals surface area contributed by atoms with Crippen LogP contribution >= 0.6 is 0 Å². The van der Waals surface area contributed by atoms with Crippen molar-refractivity contribution in [2.45, 2.75) is 30.3 Å². The number of sulfonamides is 1. The van der Waals surface area contributed by atoms with E-state index in [-0.39, 0.29) is 16.8 Å². The van der Waals surface area contributed by atoms with E-state index >= 15 is 0 Å². The lowest BCUT2D eigenvalue weighted by atomic mass is 10.1. The molecule has 3 aromatic carbocycles. The minimum absolute atomic E-state index is 0.0925. The average molecular weight is 451 g/mol. The number of benzene rings is 3. The van der Waals surface area contributed by atoms with Crippen LogP contribution in [-0.2, 0) is 16.6 Å². The van der Waals surface area contributed by atoms with Gasteiger partial charge in [0.25, 0.3) is 15.9 Å². The van der Waals surface area contributed by atoms with Crippen LogP contribution in [0.25, 0.3) is 0 Å². The Bertz CT molecular complexity index is 1190. The van der Waals surface area contributed by atoms with Crippen LogP contribution < -0.4 is 9.04 Å². The molecule has 0 atom stereocenters. The van der Waals surface area contributed by atoms with Gasteiger partial charge in [0.1, 0.15) is 5.75 Å². The summed E-state index contributed by atoms with van der Waals surface area (Å²) in [7, 11) is -0.667. The van der Waals surface area contributed by atoms with Crippen LogP contribution in [0.3, 0.4) is 0 Å². The lowest BCUT2D eigenvalue weighted by molar-refractivity contribution is 0.0729. The summed E-state index contributed by atoms with van der Waals surface area (Å²) in [6, 6.07) is 23.0. The van der Waals surface area contributed by atoms with Gasteiger partial charge >= 0.3 is 0 Å². The predicted octanol–water partition coefficient (Wildman–Crippen LogP) is 4.33. The van der Waals surface area contributed by atoms with Gasteiger partial charge in [0.15, 0.2) is 0 Å². The second-order valence-electron chi connectivity index (χ2n) is 7.85. The summed E-state index contributed by atoms with van der Waals surface area (Å²) in [5.74, 6) is 0.598. The molecule has 0 N–H and O–H groups in total. The van der Waals surface area contributed by atoms with Crippen LogP contribution in [0.5, 0.6) is 5.75 Å². The normalized spacial score (nSPS) is 13.4. The third-order valence-electron chi connectivity index (χ3n) is 5.62. The van der Waals surface area contributed by atoms with Crippen molar-refractivity contribution >= 4 is 21.6 Å². The fraction of sp³-hybridized carbons (Fsp3) is 0.240. The van der Waals surface area contributed by atoms with Crippen molar-refractivity contribution in [3.05, 3.63) is 90.0 Å². The summed E-state index contributed by atoms with van der Waals surface area (Å²) in [6.07, 6.45) is 1.91. The topological polar surface area (TPSA) is 66.9 Å². The van der Waals surface area contributed by atoms with E-state index in [1.165, 1.54) is 23.5 Å². The van der Waals surface area contributed by atoms with Gasteiger partial charge < -0.3 is 9.64 Å². The smallest absolute Gasteiger partial charge is 0.264 e. The van der Waals surface area contributed by atoms with Gasteiger partial charge in [0, 0.05) is 25.2 Å². The Hall–Kier alpha value is -3.32. The van der Waals surface area contributed by atoms with Crippen LogP contribution in [0.15, 0.2) is 83.8 Å². The summed E-state index contributed by atoms with van der Waals surface area (Å²) < 4.78 is 32.8. The number of hydrogen-bond acceptors (Lipinski definition) is 4. The SMILES string of the molecule is COc1ccc(CN(C(=O)c2cccc(S(=O)(=O)N(C)c3ccccc3)c2)C2CC2)cc1. The molecule has 0 aromatic heterocycles. The number of hydrogen-bond donors (Lipinski definition) is 0. The average Bonchev–Trinajstić information content (AvgIpc) is 3.68. The number of carbonyl (C=O) groups is 1. The zero-order valence-corrected chi connectivity index (χ0v) is 19.0. The maximum absolute atomic E-state index is 13.4. The van der Waals surface area contributed by atoms with Crippen molar-refractivity contribution in [2.24, 2.45) is 0 Å². The van der Waals surface area contributed by atoms with E-state index in [0.717, 1.165) is 24.2 Å². The molecule has 1 amide bonds. The molecule has 3 aromatic rings. The van der Waals surface area contributed by atoms with Gasteiger partial charge in [-0.05, 0) is 60.9 Å². The highest BCUT2D eigenvalue weighted by Crippen LogP contribution is 2.31. The van der Waals surface area contributed by atoms with E-state index in [9.17, 15) is 13.2 Å². The molecule has 1 fully saturated rings. The number of rotatable bonds is 8. The highest BCUT2D eigenvalue weighted by atomic mass is 32.2. The Morgan fingerprint density at radius 2 is 1.66 bits per heavy atom. The molecule has 0 saturated heterocycles. The monoisotopic (exact) mass is 450 g/mol. The molecular formula is C25H26N2O4S. The van der Waals surface area contributed by atoms with E-state index in [0.29, 0.717) is 17.8 Å². The fourth-order valence-corrected chi connectivity index (χ4v) is 4.81. The quantitative estimate of drug-likeness (QED) is 0.513. The molecule has 0 unspecified atom stereocenters. The molecule has 7 heteroatoms. The Morgan fingerprint density at radius 3 is 2.28 bits per heavy atom. The van der Waals surface area contributed by atoms with Gasteiger partial charge in [0.2, 0.25) is 0 Å². The Labute approximate surface area is 189 Å². The Morgan fingerprint density at radius 1 is 0.969 bits per heavy atom. The first-order valence-electron chi connectivity index (χ1n) is 10.5. The van der Waals surface area contributed by atoms with Crippen molar-refractivity contribution in [1.29, 1.82) is 0 Å². The molecule has 6 nitrogen and oxygen atoms in total. The molecule has 0 radical (unpaired) electrons. The van der Waals surface area contributed by atoms with Gasteiger partial charge in [0.05, 0.1) is 17.7 Å². The number of amides is 1. The molecule has 1 aliphatic carbocycles. The molecule has 1 aliphatic rings. The zero-order valence-electron chi connectivity index (χ0n) is 18.1. The summed E-state index contributed by atoms with van der Waals surface area (Å²) in [4.78, 5) is 15.3. The van der Waals surface area contributed by atoms with E-state index < -0.39 is 10.0 Å². The van der Waals surface area contributed by atoms with Crippen LogP contribution in [0, 0.1) is 0 Å². The molecule has 0 bridgehead atoms. The molecule has 4 rings (SSSR count). The second kappa shape index (κ2) is 9.04. The highest BCUT2D eigenvalue weighted by Gasteiger charge is 2.33. The largest absolute Gasteiger partial charge is 0.497 e. The van der Waals surface area contributed by atoms with E-state index in [2.05, 4.69) is 0 Å². The predicted molar refractivity (Wildman–Crippen MR) is 124 cm³/mol. The molecule has 1 saturated carbocycles. The maximum Gasteiger partial charge on any atom is 0.264 e. The zero-order chi connectivity index (χ0) is 22.7. The van der Waals surface area contributed by atoms with Gasteiger partial charge in [-0.1, -0.05) is 36.4 Å². The van der Waals surface area contributed by atoms with Gasteiger partial charge in [-0.25, -0.2) is 8.42 Å². The second-order valence-corrected chi connectivity index (χ2v) is 9.82. The molecule has 0 aliphatic heterocycles. The lowest BCUT2D eigenvalue weighted by Gasteiger charge is -2.24. The van der Waals surface area contributed by atoms with Crippen LogP contribution in [0.4, 0.5) is 5.69 Å². The minimum atomic E-state index is -3.80. The third-order valence-corrected chi connectivity index (χ3v) is 7.40. The number of carbonyl (C=O) groups excluding carboxylic acids is 1. The molecule has 0 spiro atoms. The molecule has 32 heavy (non-hydrogen) atoms. The molecular weight excluding hydrogens is 424 g/mol. The fourth-order valence-electron chi connectivity index (χ4n) is 3.57.